The lowest BCUT2D eigenvalue weighted by Gasteiger charge is -2.08. The molecule has 0 spiro atoms. The van der Waals surface area contributed by atoms with Crippen LogP contribution in [0.2, 0.25) is 0 Å². The molecule has 0 fully saturated rings. The summed E-state index contributed by atoms with van der Waals surface area (Å²) in [5.41, 5.74) is 5.46. The van der Waals surface area contributed by atoms with Crippen LogP contribution in [0.5, 0.6) is 0 Å². The summed E-state index contributed by atoms with van der Waals surface area (Å²) in [4.78, 5) is 43.9. The van der Waals surface area contributed by atoms with Gasteiger partial charge in [-0.15, -0.1) is 11.3 Å². The maximum absolute atomic E-state index is 13.2. The van der Waals surface area contributed by atoms with Gasteiger partial charge in [-0.3, -0.25) is 19.8 Å². The zero-order valence-corrected chi connectivity index (χ0v) is 19.2. The summed E-state index contributed by atoms with van der Waals surface area (Å²) < 4.78 is 2.57. The van der Waals surface area contributed by atoms with Crippen LogP contribution in [0.4, 0.5) is 0 Å². The quantitative estimate of drug-likeness (QED) is 0.311. The average Bonchev–Trinajstić information content (AvgIpc) is 3.42. The van der Waals surface area contributed by atoms with Crippen molar-refractivity contribution < 1.29 is 9.59 Å². The highest BCUT2D eigenvalue weighted by Crippen LogP contribution is 2.30. The molecule has 0 aliphatic carbocycles. The minimum absolute atomic E-state index is 0.198. The lowest BCUT2D eigenvalue weighted by Crippen LogP contribution is -2.37. The number of carbonyl (C=O) groups excluding carboxylic acids is 2. The summed E-state index contributed by atoms with van der Waals surface area (Å²) in [6.45, 7) is 3.40. The van der Waals surface area contributed by atoms with Crippen molar-refractivity contribution in [2.45, 2.75) is 13.8 Å². The van der Waals surface area contributed by atoms with E-state index >= 15 is 0 Å². The standard InChI is InChI=1S/C25H19N5O3S/c1-15-20(16(2)30(27-15)18-11-7-4-8-12-18)22(31)23(32)28-29-14-26-24-21(25(29)33)19(13-34-24)17-9-5-3-6-10-17/h3-14H,1-2H3,(H,28,32). The van der Waals surface area contributed by atoms with Gasteiger partial charge in [-0.25, -0.2) is 14.3 Å². The molecule has 2 aromatic carbocycles. The zero-order valence-electron chi connectivity index (χ0n) is 18.4. The van der Waals surface area contributed by atoms with E-state index in [9.17, 15) is 14.4 Å². The number of nitrogens with zero attached hydrogens (tertiary/aromatic N) is 4. The van der Waals surface area contributed by atoms with E-state index in [0.717, 1.165) is 21.5 Å². The number of amides is 1. The van der Waals surface area contributed by atoms with Crippen LogP contribution in [-0.2, 0) is 4.79 Å². The van der Waals surface area contributed by atoms with Crippen molar-refractivity contribution in [3.05, 3.63) is 99.7 Å². The molecule has 0 aliphatic rings. The van der Waals surface area contributed by atoms with Gasteiger partial charge in [0, 0.05) is 10.9 Å². The molecule has 5 rings (SSSR count). The summed E-state index contributed by atoms with van der Waals surface area (Å²) in [5, 5.41) is 6.67. The maximum Gasteiger partial charge on any atom is 0.311 e. The number of ketones is 1. The molecule has 0 atom stereocenters. The molecule has 0 unspecified atom stereocenters. The summed E-state index contributed by atoms with van der Waals surface area (Å²) in [7, 11) is 0. The van der Waals surface area contributed by atoms with E-state index < -0.39 is 17.2 Å². The molecular formula is C25H19N5O3S. The van der Waals surface area contributed by atoms with Gasteiger partial charge in [0.25, 0.3) is 11.3 Å². The van der Waals surface area contributed by atoms with Crippen LogP contribution < -0.4 is 11.0 Å². The number of benzene rings is 2. The van der Waals surface area contributed by atoms with Gasteiger partial charge in [0.05, 0.1) is 28.0 Å². The van der Waals surface area contributed by atoms with Crippen LogP contribution in [0, 0.1) is 13.8 Å². The number of rotatable bonds is 5. The van der Waals surface area contributed by atoms with Crippen molar-refractivity contribution in [1.29, 1.82) is 0 Å². The van der Waals surface area contributed by atoms with Gasteiger partial charge in [-0.05, 0) is 31.5 Å². The molecule has 1 amide bonds. The van der Waals surface area contributed by atoms with Gasteiger partial charge in [-0.1, -0.05) is 48.5 Å². The van der Waals surface area contributed by atoms with Crippen LogP contribution in [0.1, 0.15) is 21.7 Å². The molecule has 9 heteroatoms. The van der Waals surface area contributed by atoms with Crippen LogP contribution in [0.15, 0.2) is 77.2 Å². The Hall–Kier alpha value is -4.37. The maximum atomic E-state index is 13.2. The predicted octanol–water partition coefficient (Wildman–Crippen LogP) is 3.88. The van der Waals surface area contributed by atoms with Crippen LogP contribution in [-0.4, -0.2) is 31.1 Å². The highest BCUT2D eigenvalue weighted by molar-refractivity contribution is 7.17. The third kappa shape index (κ3) is 3.61. The summed E-state index contributed by atoms with van der Waals surface area (Å²) in [6.07, 6.45) is 1.22. The second-order valence-electron chi connectivity index (χ2n) is 7.68. The molecule has 5 aromatic rings. The van der Waals surface area contributed by atoms with E-state index in [0.29, 0.717) is 21.6 Å². The van der Waals surface area contributed by atoms with E-state index in [1.165, 1.54) is 17.7 Å². The molecule has 3 heterocycles. The smallest absolute Gasteiger partial charge is 0.283 e. The molecular weight excluding hydrogens is 450 g/mol. The van der Waals surface area contributed by atoms with Crippen molar-refractivity contribution in [1.82, 2.24) is 19.4 Å². The first-order chi connectivity index (χ1) is 16.5. The zero-order chi connectivity index (χ0) is 23.8. The van der Waals surface area contributed by atoms with E-state index in [1.54, 1.807) is 18.5 Å². The molecule has 0 bridgehead atoms. The minimum Gasteiger partial charge on any atom is -0.283 e. The lowest BCUT2D eigenvalue weighted by molar-refractivity contribution is -0.113. The number of thiophene rings is 1. The molecule has 34 heavy (non-hydrogen) atoms. The first-order valence-corrected chi connectivity index (χ1v) is 11.3. The second-order valence-corrected chi connectivity index (χ2v) is 8.54. The summed E-state index contributed by atoms with van der Waals surface area (Å²) >= 11 is 1.34. The molecule has 0 saturated heterocycles. The largest absolute Gasteiger partial charge is 0.311 e. The van der Waals surface area contributed by atoms with E-state index in [-0.39, 0.29) is 5.56 Å². The Morgan fingerprint density at radius 3 is 2.35 bits per heavy atom. The highest BCUT2D eigenvalue weighted by Gasteiger charge is 2.26. The molecule has 0 radical (unpaired) electrons. The van der Waals surface area contributed by atoms with Gasteiger partial charge in [0.2, 0.25) is 0 Å². The van der Waals surface area contributed by atoms with E-state index in [4.69, 9.17) is 0 Å². The van der Waals surface area contributed by atoms with Gasteiger partial charge in [-0.2, -0.15) is 5.10 Å². The highest BCUT2D eigenvalue weighted by atomic mass is 32.1. The number of aromatic nitrogens is 4. The Balaban J connectivity index is 1.48. The number of aryl methyl sites for hydroxylation is 1. The van der Waals surface area contributed by atoms with Gasteiger partial charge in [0.15, 0.2) is 0 Å². The molecule has 168 valence electrons. The fraction of sp³-hybridized carbons (Fsp3) is 0.0800. The van der Waals surface area contributed by atoms with Gasteiger partial charge >= 0.3 is 5.91 Å². The molecule has 0 aliphatic heterocycles. The van der Waals surface area contributed by atoms with Crippen molar-refractivity contribution in [2.24, 2.45) is 0 Å². The SMILES string of the molecule is Cc1nn(-c2ccccc2)c(C)c1C(=O)C(=O)Nn1cnc2scc(-c3ccccc3)c2c1=O. The van der Waals surface area contributed by atoms with Crippen LogP contribution in [0.3, 0.4) is 0 Å². The topological polar surface area (TPSA) is 98.9 Å². The number of hydrogen-bond acceptors (Lipinski definition) is 6. The van der Waals surface area contributed by atoms with Gasteiger partial charge < -0.3 is 0 Å². The normalized spacial score (nSPS) is 11.0. The van der Waals surface area contributed by atoms with E-state index in [1.807, 2.05) is 66.0 Å². The monoisotopic (exact) mass is 469 g/mol. The number of nitrogens with one attached hydrogen (secondary N) is 1. The molecule has 3 aromatic heterocycles. The van der Waals surface area contributed by atoms with Crippen molar-refractivity contribution in [2.75, 3.05) is 5.43 Å². The minimum atomic E-state index is -0.946. The molecule has 8 nitrogen and oxygen atoms in total. The molecule has 0 saturated carbocycles. The Morgan fingerprint density at radius 1 is 0.971 bits per heavy atom. The fourth-order valence-corrected chi connectivity index (χ4v) is 4.81. The van der Waals surface area contributed by atoms with E-state index in [2.05, 4.69) is 15.5 Å². The van der Waals surface area contributed by atoms with Gasteiger partial charge in [0.1, 0.15) is 11.2 Å². The van der Waals surface area contributed by atoms with Crippen molar-refractivity contribution in [3.63, 3.8) is 0 Å². The van der Waals surface area contributed by atoms with Crippen LogP contribution >= 0.6 is 11.3 Å². The number of para-hydroxylation sites is 1. The Kier molecular flexibility index (Phi) is 5.39. The number of fused-ring (bicyclic) bond motifs is 1. The number of hydrogen-bond donors (Lipinski definition) is 1. The second kappa shape index (κ2) is 8.53. The number of carbonyl (C=O) groups is 2. The predicted molar refractivity (Wildman–Crippen MR) is 131 cm³/mol. The Bertz CT molecular complexity index is 1600. The third-order valence-corrected chi connectivity index (χ3v) is 6.41. The third-order valence-electron chi connectivity index (χ3n) is 5.53. The average molecular weight is 470 g/mol. The summed E-state index contributed by atoms with van der Waals surface area (Å²) in [5.74, 6) is -1.73. The number of Topliss-reactive ketones (excluding diaryl/α,β-unsaturated/α-hetero) is 1. The lowest BCUT2D eigenvalue weighted by atomic mass is 10.1. The van der Waals surface area contributed by atoms with Crippen LogP contribution in [0.25, 0.3) is 27.0 Å². The Morgan fingerprint density at radius 2 is 1.65 bits per heavy atom. The first-order valence-electron chi connectivity index (χ1n) is 10.5. The fourth-order valence-electron chi connectivity index (χ4n) is 3.91. The molecule has 1 N–H and O–H groups in total. The van der Waals surface area contributed by atoms with Crippen molar-refractivity contribution in [3.8, 4) is 16.8 Å². The Labute approximate surface area is 198 Å². The summed E-state index contributed by atoms with van der Waals surface area (Å²) in [6, 6.07) is 18.8. The first kappa shape index (κ1) is 21.5. The van der Waals surface area contributed by atoms with Crippen molar-refractivity contribution >= 4 is 33.2 Å².